The van der Waals surface area contributed by atoms with Crippen LogP contribution in [-0.2, 0) is 11.2 Å². The quantitative estimate of drug-likeness (QED) is 0.789. The minimum atomic E-state index is 0.228. The van der Waals surface area contributed by atoms with Crippen LogP contribution in [0.3, 0.4) is 0 Å². The first-order valence-electron chi connectivity index (χ1n) is 10.0. The summed E-state index contributed by atoms with van der Waals surface area (Å²) >= 11 is 0. The Kier molecular flexibility index (Phi) is 6.33. The van der Waals surface area contributed by atoms with E-state index in [2.05, 4.69) is 21.8 Å². The molecular formula is C20H33N3O. The third-order valence-electron chi connectivity index (χ3n) is 5.87. The molecule has 0 unspecified atom stereocenters. The summed E-state index contributed by atoms with van der Waals surface area (Å²) in [6.45, 7) is 2.88. The number of aryl methyl sites for hydroxylation is 1. The molecule has 2 aliphatic rings. The van der Waals surface area contributed by atoms with Crippen LogP contribution in [0.1, 0.15) is 88.2 Å². The SMILES string of the molecule is Cc1cnc(CCNC(=O)CC2CCCC2)n1C1CCCCCC1. The van der Waals surface area contributed by atoms with Gasteiger partial charge in [0.05, 0.1) is 0 Å². The van der Waals surface area contributed by atoms with Crippen LogP contribution in [0.25, 0.3) is 0 Å². The maximum atomic E-state index is 12.1. The topological polar surface area (TPSA) is 46.9 Å². The number of rotatable bonds is 6. The molecule has 2 aliphatic carbocycles. The van der Waals surface area contributed by atoms with Crippen molar-refractivity contribution in [3.05, 3.63) is 17.7 Å². The van der Waals surface area contributed by atoms with Crippen LogP contribution in [-0.4, -0.2) is 22.0 Å². The van der Waals surface area contributed by atoms with Crippen LogP contribution in [0.2, 0.25) is 0 Å². The van der Waals surface area contributed by atoms with E-state index < -0.39 is 0 Å². The molecule has 0 saturated heterocycles. The van der Waals surface area contributed by atoms with Crippen molar-refractivity contribution in [3.8, 4) is 0 Å². The van der Waals surface area contributed by atoms with E-state index in [-0.39, 0.29) is 5.91 Å². The van der Waals surface area contributed by atoms with E-state index in [1.54, 1.807) is 0 Å². The summed E-state index contributed by atoms with van der Waals surface area (Å²) in [7, 11) is 0. The molecule has 24 heavy (non-hydrogen) atoms. The summed E-state index contributed by atoms with van der Waals surface area (Å²) in [4.78, 5) is 16.7. The number of nitrogens with zero attached hydrogens (tertiary/aromatic N) is 2. The van der Waals surface area contributed by atoms with Crippen LogP contribution < -0.4 is 5.32 Å². The van der Waals surface area contributed by atoms with Gasteiger partial charge < -0.3 is 9.88 Å². The molecule has 1 aromatic heterocycles. The van der Waals surface area contributed by atoms with Gasteiger partial charge in [-0.25, -0.2) is 4.98 Å². The van der Waals surface area contributed by atoms with E-state index in [1.807, 2.05) is 6.20 Å². The minimum absolute atomic E-state index is 0.228. The Labute approximate surface area is 146 Å². The van der Waals surface area contributed by atoms with Gasteiger partial charge in [-0.15, -0.1) is 0 Å². The highest BCUT2D eigenvalue weighted by molar-refractivity contribution is 5.76. The summed E-state index contributed by atoms with van der Waals surface area (Å²) in [5.41, 5.74) is 1.27. The molecule has 0 radical (unpaired) electrons. The maximum Gasteiger partial charge on any atom is 0.220 e. The van der Waals surface area contributed by atoms with Crippen molar-refractivity contribution in [1.29, 1.82) is 0 Å². The summed E-state index contributed by atoms with van der Waals surface area (Å²) in [5.74, 6) is 2.01. The Morgan fingerprint density at radius 3 is 2.50 bits per heavy atom. The Morgan fingerprint density at radius 2 is 1.79 bits per heavy atom. The predicted molar refractivity (Wildman–Crippen MR) is 97.0 cm³/mol. The summed E-state index contributed by atoms with van der Waals surface area (Å²) in [6.07, 6.45) is 16.6. The van der Waals surface area contributed by atoms with Crippen molar-refractivity contribution in [2.75, 3.05) is 6.54 Å². The first-order valence-corrected chi connectivity index (χ1v) is 10.0. The van der Waals surface area contributed by atoms with Gasteiger partial charge in [0.2, 0.25) is 5.91 Å². The van der Waals surface area contributed by atoms with E-state index >= 15 is 0 Å². The lowest BCUT2D eigenvalue weighted by Gasteiger charge is -2.21. The first-order chi connectivity index (χ1) is 11.7. The van der Waals surface area contributed by atoms with Crippen molar-refractivity contribution < 1.29 is 4.79 Å². The van der Waals surface area contributed by atoms with Crippen molar-refractivity contribution in [2.45, 2.75) is 90.0 Å². The van der Waals surface area contributed by atoms with Gasteiger partial charge in [0, 0.05) is 37.3 Å². The third-order valence-corrected chi connectivity index (χ3v) is 5.87. The van der Waals surface area contributed by atoms with E-state index in [0.717, 1.165) is 18.7 Å². The van der Waals surface area contributed by atoms with Gasteiger partial charge in [0.15, 0.2) is 0 Å². The maximum absolute atomic E-state index is 12.1. The number of nitrogens with one attached hydrogen (secondary N) is 1. The van der Waals surface area contributed by atoms with Gasteiger partial charge in [-0.3, -0.25) is 4.79 Å². The van der Waals surface area contributed by atoms with Gasteiger partial charge >= 0.3 is 0 Å². The standard InChI is InChI=1S/C20H33N3O/c1-16-15-22-19(23(16)18-10-4-2-3-5-11-18)12-13-21-20(24)14-17-8-6-7-9-17/h15,17-18H,2-14H2,1H3,(H,21,24). The number of hydrogen-bond donors (Lipinski definition) is 1. The average molecular weight is 332 g/mol. The van der Waals surface area contributed by atoms with Crippen LogP contribution in [0.4, 0.5) is 0 Å². The zero-order valence-corrected chi connectivity index (χ0v) is 15.2. The molecule has 134 valence electrons. The van der Waals surface area contributed by atoms with E-state index in [0.29, 0.717) is 18.5 Å². The van der Waals surface area contributed by atoms with E-state index in [9.17, 15) is 4.79 Å². The summed E-state index contributed by atoms with van der Waals surface area (Å²) in [5, 5.41) is 3.12. The second-order valence-corrected chi connectivity index (χ2v) is 7.79. The van der Waals surface area contributed by atoms with Crippen molar-refractivity contribution in [3.63, 3.8) is 0 Å². The van der Waals surface area contributed by atoms with Gasteiger partial charge in [-0.05, 0) is 38.5 Å². The Bertz CT molecular complexity index is 523. The fraction of sp³-hybridized carbons (Fsp3) is 0.800. The molecule has 0 aromatic carbocycles. The van der Waals surface area contributed by atoms with Gasteiger partial charge in [-0.1, -0.05) is 38.5 Å². The highest BCUT2D eigenvalue weighted by atomic mass is 16.1. The average Bonchev–Trinajstić information content (AvgIpc) is 3.10. The third kappa shape index (κ3) is 4.61. The lowest BCUT2D eigenvalue weighted by molar-refractivity contribution is -0.121. The number of hydrogen-bond acceptors (Lipinski definition) is 2. The van der Waals surface area contributed by atoms with Crippen LogP contribution in [0.5, 0.6) is 0 Å². The number of imidazole rings is 1. The molecule has 1 amide bonds. The highest BCUT2D eigenvalue weighted by Gasteiger charge is 2.20. The fourth-order valence-electron chi connectivity index (χ4n) is 4.56. The zero-order valence-electron chi connectivity index (χ0n) is 15.2. The van der Waals surface area contributed by atoms with Crippen LogP contribution >= 0.6 is 0 Å². The van der Waals surface area contributed by atoms with Crippen LogP contribution in [0.15, 0.2) is 6.20 Å². The minimum Gasteiger partial charge on any atom is -0.356 e. The molecule has 0 atom stereocenters. The Hall–Kier alpha value is -1.32. The largest absolute Gasteiger partial charge is 0.356 e. The zero-order chi connectivity index (χ0) is 16.8. The molecule has 3 rings (SSSR count). The van der Waals surface area contributed by atoms with Crippen molar-refractivity contribution in [2.24, 2.45) is 5.92 Å². The first kappa shape index (κ1) is 17.5. The molecule has 0 aliphatic heterocycles. The highest BCUT2D eigenvalue weighted by Crippen LogP contribution is 2.29. The molecule has 0 spiro atoms. The number of carbonyl (C=O) groups is 1. The van der Waals surface area contributed by atoms with E-state index in [1.165, 1.54) is 69.9 Å². The number of carbonyl (C=O) groups excluding carboxylic acids is 1. The van der Waals surface area contributed by atoms with Gasteiger partial charge in [0.1, 0.15) is 5.82 Å². The number of amides is 1. The van der Waals surface area contributed by atoms with Crippen molar-refractivity contribution in [1.82, 2.24) is 14.9 Å². The monoisotopic (exact) mass is 331 g/mol. The molecule has 4 nitrogen and oxygen atoms in total. The molecule has 1 N–H and O–H groups in total. The fourth-order valence-corrected chi connectivity index (χ4v) is 4.56. The lowest BCUT2D eigenvalue weighted by atomic mass is 10.0. The van der Waals surface area contributed by atoms with Crippen molar-refractivity contribution >= 4 is 5.91 Å². The molecule has 0 bridgehead atoms. The normalized spacial score (nSPS) is 20.2. The summed E-state index contributed by atoms with van der Waals surface area (Å²) in [6, 6.07) is 0.610. The Balaban J connectivity index is 1.50. The van der Waals surface area contributed by atoms with Gasteiger partial charge in [-0.2, -0.15) is 0 Å². The predicted octanol–water partition coefficient (Wildman–Crippen LogP) is 4.33. The van der Waals surface area contributed by atoms with Gasteiger partial charge in [0.25, 0.3) is 0 Å². The molecular weight excluding hydrogens is 298 g/mol. The van der Waals surface area contributed by atoms with Crippen LogP contribution in [0, 0.1) is 12.8 Å². The summed E-state index contributed by atoms with van der Waals surface area (Å²) < 4.78 is 2.45. The second-order valence-electron chi connectivity index (χ2n) is 7.79. The number of aromatic nitrogens is 2. The second kappa shape index (κ2) is 8.68. The lowest BCUT2D eigenvalue weighted by Crippen LogP contribution is -2.28. The molecule has 4 heteroatoms. The molecule has 2 saturated carbocycles. The molecule has 1 aromatic rings. The Morgan fingerprint density at radius 1 is 1.12 bits per heavy atom. The molecule has 2 fully saturated rings. The molecule has 1 heterocycles. The smallest absolute Gasteiger partial charge is 0.220 e. The van der Waals surface area contributed by atoms with E-state index in [4.69, 9.17) is 0 Å².